The SMILES string of the molecule is Cc1nc2cc(SCC3=C[C@@H](n4ccc5cccnc54)[C@@H]4OC(C)(C)O[C@H]34)ccc2cc1Cl. The Morgan fingerprint density at radius 3 is 2.88 bits per heavy atom. The number of thioether (sulfide) groups is 1. The predicted molar refractivity (Wildman–Crippen MR) is 133 cm³/mol. The van der Waals surface area contributed by atoms with Crippen LogP contribution in [0.3, 0.4) is 0 Å². The summed E-state index contributed by atoms with van der Waals surface area (Å²) in [5.41, 5.74) is 4.03. The number of aromatic nitrogens is 3. The third-order valence-electron chi connectivity index (χ3n) is 6.34. The normalized spacial score (nSPS) is 23.9. The van der Waals surface area contributed by atoms with Crippen LogP contribution in [0.2, 0.25) is 5.02 Å². The van der Waals surface area contributed by atoms with Crippen LogP contribution in [-0.4, -0.2) is 38.3 Å². The van der Waals surface area contributed by atoms with Crippen LogP contribution in [-0.2, 0) is 9.47 Å². The maximum atomic E-state index is 6.37. The number of rotatable bonds is 4. The summed E-state index contributed by atoms with van der Waals surface area (Å²) >= 11 is 8.03. The molecule has 33 heavy (non-hydrogen) atoms. The average Bonchev–Trinajstić information content (AvgIpc) is 3.44. The summed E-state index contributed by atoms with van der Waals surface area (Å²) in [5.74, 6) is 0.208. The summed E-state index contributed by atoms with van der Waals surface area (Å²) in [5, 5.41) is 2.88. The van der Waals surface area contributed by atoms with Gasteiger partial charge in [-0.15, -0.1) is 11.8 Å². The third-order valence-corrected chi connectivity index (χ3v) is 7.78. The molecule has 0 spiro atoms. The van der Waals surface area contributed by atoms with E-state index >= 15 is 0 Å². The molecule has 1 fully saturated rings. The first-order valence-corrected chi connectivity index (χ1v) is 12.4. The number of nitrogens with zero attached hydrogens (tertiary/aromatic N) is 3. The fourth-order valence-corrected chi connectivity index (χ4v) is 5.92. The Labute approximate surface area is 201 Å². The number of ether oxygens (including phenoxy) is 2. The smallest absolute Gasteiger partial charge is 0.164 e. The van der Waals surface area contributed by atoms with E-state index in [1.807, 2.05) is 39.1 Å². The lowest BCUT2D eigenvalue weighted by Crippen LogP contribution is -2.28. The van der Waals surface area contributed by atoms with Crippen molar-refractivity contribution in [2.45, 2.75) is 49.7 Å². The van der Waals surface area contributed by atoms with Crippen LogP contribution in [0.4, 0.5) is 0 Å². The summed E-state index contributed by atoms with van der Waals surface area (Å²) in [6.07, 6.45) is 6.09. The van der Waals surface area contributed by atoms with Gasteiger partial charge >= 0.3 is 0 Å². The van der Waals surface area contributed by atoms with Gasteiger partial charge in [-0.2, -0.15) is 0 Å². The summed E-state index contributed by atoms with van der Waals surface area (Å²) in [4.78, 5) is 10.4. The molecule has 0 amide bonds. The molecule has 4 heterocycles. The molecule has 1 aromatic carbocycles. The third kappa shape index (κ3) is 3.75. The molecule has 0 saturated carbocycles. The van der Waals surface area contributed by atoms with E-state index in [-0.39, 0.29) is 18.2 Å². The highest BCUT2D eigenvalue weighted by Gasteiger charge is 2.50. The number of hydrogen-bond acceptors (Lipinski definition) is 5. The van der Waals surface area contributed by atoms with Crippen molar-refractivity contribution in [2.75, 3.05) is 5.75 Å². The van der Waals surface area contributed by atoms with Crippen LogP contribution < -0.4 is 0 Å². The Balaban J connectivity index is 1.30. The molecular weight excluding hydrogens is 454 g/mol. The highest BCUT2D eigenvalue weighted by molar-refractivity contribution is 7.99. The van der Waals surface area contributed by atoms with Crippen LogP contribution in [0.25, 0.3) is 21.9 Å². The largest absolute Gasteiger partial charge is 0.342 e. The van der Waals surface area contributed by atoms with Crippen molar-refractivity contribution in [3.63, 3.8) is 0 Å². The number of aryl methyl sites for hydroxylation is 1. The van der Waals surface area contributed by atoms with E-state index in [1.54, 1.807) is 11.8 Å². The second-order valence-electron chi connectivity index (χ2n) is 9.09. The minimum atomic E-state index is -0.613. The molecular formula is C26H24ClN3O2S. The standard InChI is InChI=1S/C26H24ClN3O2S/c1-15-20(27)11-17-6-7-19(13-21(17)29-15)33-14-18-12-22(24-23(18)31-26(2,3)32-24)30-10-8-16-5-4-9-28-25(16)30/h4-13,22-24H,14H2,1-3H3/t22-,23-,24+/m1/s1. The lowest BCUT2D eigenvalue weighted by atomic mass is 10.1. The zero-order chi connectivity index (χ0) is 22.7. The topological polar surface area (TPSA) is 49.2 Å². The zero-order valence-electron chi connectivity index (χ0n) is 18.7. The van der Waals surface area contributed by atoms with E-state index in [9.17, 15) is 0 Å². The number of pyridine rings is 2. The second kappa shape index (κ2) is 7.84. The van der Waals surface area contributed by atoms with Crippen molar-refractivity contribution in [3.8, 4) is 0 Å². The van der Waals surface area contributed by atoms with Crippen LogP contribution in [0.15, 0.2) is 71.4 Å². The molecule has 1 aliphatic carbocycles. The van der Waals surface area contributed by atoms with E-state index in [0.29, 0.717) is 5.02 Å². The Morgan fingerprint density at radius 2 is 2.00 bits per heavy atom. The van der Waals surface area contributed by atoms with Gasteiger partial charge in [0.1, 0.15) is 17.9 Å². The molecule has 5 nitrogen and oxygen atoms in total. The molecule has 0 unspecified atom stereocenters. The van der Waals surface area contributed by atoms with Gasteiger partial charge in [0.2, 0.25) is 0 Å². The van der Waals surface area contributed by atoms with E-state index in [0.717, 1.165) is 33.4 Å². The van der Waals surface area contributed by atoms with Gasteiger partial charge in [0.05, 0.1) is 22.3 Å². The molecule has 4 aromatic rings. The number of fused-ring (bicyclic) bond motifs is 3. The summed E-state index contributed by atoms with van der Waals surface area (Å²) < 4.78 is 14.9. The Bertz CT molecular complexity index is 1410. The molecule has 1 saturated heterocycles. The quantitative estimate of drug-likeness (QED) is 0.253. The predicted octanol–water partition coefficient (Wildman–Crippen LogP) is 6.34. The van der Waals surface area contributed by atoms with Crippen LogP contribution in [0, 0.1) is 6.92 Å². The van der Waals surface area contributed by atoms with Gasteiger partial charge in [-0.3, -0.25) is 4.98 Å². The van der Waals surface area contributed by atoms with Gasteiger partial charge in [-0.05, 0) is 62.7 Å². The molecule has 0 N–H and O–H groups in total. The van der Waals surface area contributed by atoms with Crippen molar-refractivity contribution < 1.29 is 9.47 Å². The van der Waals surface area contributed by atoms with Gasteiger partial charge in [0, 0.05) is 33.8 Å². The van der Waals surface area contributed by atoms with Crippen LogP contribution in [0.1, 0.15) is 25.6 Å². The molecule has 0 bridgehead atoms. The molecule has 3 aromatic heterocycles. The highest BCUT2D eigenvalue weighted by atomic mass is 35.5. The van der Waals surface area contributed by atoms with Crippen molar-refractivity contribution in [1.29, 1.82) is 0 Å². The first-order valence-electron chi connectivity index (χ1n) is 11.1. The molecule has 2 aliphatic rings. The van der Waals surface area contributed by atoms with Crippen molar-refractivity contribution >= 4 is 45.3 Å². The fraction of sp³-hybridized carbons (Fsp3) is 0.308. The minimum absolute atomic E-state index is 0.0443. The lowest BCUT2D eigenvalue weighted by Gasteiger charge is -2.22. The molecule has 0 radical (unpaired) electrons. The monoisotopic (exact) mass is 477 g/mol. The number of benzene rings is 1. The second-order valence-corrected chi connectivity index (χ2v) is 10.5. The Kier molecular flexibility index (Phi) is 5.03. The van der Waals surface area contributed by atoms with Crippen LogP contribution >= 0.6 is 23.4 Å². The fourth-order valence-electron chi connectivity index (χ4n) is 4.80. The van der Waals surface area contributed by atoms with Gasteiger partial charge < -0.3 is 14.0 Å². The summed E-state index contributed by atoms with van der Waals surface area (Å²) in [6.45, 7) is 5.91. The Morgan fingerprint density at radius 1 is 1.12 bits per heavy atom. The Hall–Kier alpha value is -2.38. The van der Waals surface area contributed by atoms with E-state index in [2.05, 4.69) is 57.1 Å². The molecule has 168 valence electrons. The molecule has 7 heteroatoms. The van der Waals surface area contributed by atoms with Gasteiger partial charge in [-0.1, -0.05) is 23.7 Å². The van der Waals surface area contributed by atoms with E-state index in [1.165, 1.54) is 10.5 Å². The summed E-state index contributed by atoms with van der Waals surface area (Å²) in [6, 6.07) is 14.5. The van der Waals surface area contributed by atoms with E-state index < -0.39 is 5.79 Å². The van der Waals surface area contributed by atoms with Gasteiger partial charge in [0.25, 0.3) is 0 Å². The number of hydrogen-bond donors (Lipinski definition) is 0. The maximum absolute atomic E-state index is 6.37. The molecule has 1 aliphatic heterocycles. The van der Waals surface area contributed by atoms with E-state index in [4.69, 9.17) is 21.1 Å². The maximum Gasteiger partial charge on any atom is 0.164 e. The minimum Gasteiger partial charge on any atom is -0.342 e. The molecule has 3 atom stereocenters. The van der Waals surface area contributed by atoms with Gasteiger partial charge in [-0.25, -0.2) is 4.98 Å². The highest BCUT2D eigenvalue weighted by Crippen LogP contribution is 2.45. The van der Waals surface area contributed by atoms with Crippen molar-refractivity contribution in [2.24, 2.45) is 0 Å². The lowest BCUT2D eigenvalue weighted by molar-refractivity contribution is -0.147. The summed E-state index contributed by atoms with van der Waals surface area (Å²) in [7, 11) is 0. The van der Waals surface area contributed by atoms with Crippen LogP contribution in [0.5, 0.6) is 0 Å². The van der Waals surface area contributed by atoms with Crippen molar-refractivity contribution in [3.05, 3.63) is 77.2 Å². The van der Waals surface area contributed by atoms with Gasteiger partial charge in [0.15, 0.2) is 5.79 Å². The molecule has 6 rings (SSSR count). The average molecular weight is 478 g/mol. The van der Waals surface area contributed by atoms with Crippen molar-refractivity contribution in [1.82, 2.24) is 14.5 Å². The zero-order valence-corrected chi connectivity index (χ0v) is 20.2. The first kappa shape index (κ1) is 21.2. The number of halogens is 1. The first-order chi connectivity index (χ1) is 15.9.